The highest BCUT2D eigenvalue weighted by Crippen LogP contribution is 2.32. The van der Waals surface area contributed by atoms with Crippen LogP contribution in [0, 0.1) is 0 Å². The first-order valence-corrected chi connectivity index (χ1v) is 8.48. The van der Waals surface area contributed by atoms with Crippen LogP contribution in [0.15, 0.2) is 53.9 Å². The third kappa shape index (κ3) is 3.02. The van der Waals surface area contributed by atoms with Crippen molar-refractivity contribution in [3.8, 4) is 0 Å². The van der Waals surface area contributed by atoms with Crippen LogP contribution in [0.3, 0.4) is 0 Å². The van der Waals surface area contributed by atoms with Crippen LogP contribution >= 0.6 is 11.3 Å². The van der Waals surface area contributed by atoms with Gasteiger partial charge in [-0.1, -0.05) is 55.8 Å². The molecule has 0 aliphatic carbocycles. The molecule has 3 rings (SSSR count). The number of aryl methyl sites for hydroxylation is 1. The third-order valence-electron chi connectivity index (χ3n) is 4.00. The molecule has 1 nitrogen and oxygen atoms in total. The van der Waals surface area contributed by atoms with Gasteiger partial charge in [0.25, 0.3) is 0 Å². The summed E-state index contributed by atoms with van der Waals surface area (Å²) in [4.78, 5) is 0. The van der Waals surface area contributed by atoms with E-state index in [0.717, 1.165) is 6.42 Å². The van der Waals surface area contributed by atoms with Crippen molar-refractivity contribution in [3.63, 3.8) is 0 Å². The SMILES string of the molecule is CCCCc1ccc(C(N)c2csc3ccccc23)cc1. The Balaban J connectivity index is 1.86. The molecule has 0 fully saturated rings. The second kappa shape index (κ2) is 6.42. The number of unbranched alkanes of at least 4 members (excludes halogenated alkanes) is 1. The predicted molar refractivity (Wildman–Crippen MR) is 92.9 cm³/mol. The van der Waals surface area contributed by atoms with E-state index in [1.54, 1.807) is 11.3 Å². The molecule has 2 aromatic carbocycles. The fraction of sp³-hybridized carbons (Fsp3) is 0.263. The number of hydrogen-bond acceptors (Lipinski definition) is 2. The van der Waals surface area contributed by atoms with Crippen molar-refractivity contribution < 1.29 is 0 Å². The molecule has 1 heterocycles. The Labute approximate surface area is 130 Å². The van der Waals surface area contributed by atoms with E-state index in [1.807, 2.05) is 0 Å². The normalized spacial score (nSPS) is 12.7. The first-order valence-electron chi connectivity index (χ1n) is 7.60. The molecule has 1 atom stereocenters. The van der Waals surface area contributed by atoms with E-state index in [-0.39, 0.29) is 6.04 Å². The van der Waals surface area contributed by atoms with Crippen LogP contribution in [0.4, 0.5) is 0 Å². The Morgan fingerprint density at radius 1 is 1.05 bits per heavy atom. The monoisotopic (exact) mass is 295 g/mol. The quantitative estimate of drug-likeness (QED) is 0.680. The molecular formula is C19H21NS. The van der Waals surface area contributed by atoms with E-state index < -0.39 is 0 Å². The van der Waals surface area contributed by atoms with Gasteiger partial charge in [-0.05, 0) is 46.4 Å². The first-order chi connectivity index (χ1) is 10.3. The molecule has 2 N–H and O–H groups in total. The zero-order valence-corrected chi connectivity index (χ0v) is 13.2. The van der Waals surface area contributed by atoms with Gasteiger partial charge in [-0.3, -0.25) is 0 Å². The number of rotatable bonds is 5. The lowest BCUT2D eigenvalue weighted by Crippen LogP contribution is -2.11. The molecule has 0 amide bonds. The first kappa shape index (κ1) is 14.3. The summed E-state index contributed by atoms with van der Waals surface area (Å²) in [6, 6.07) is 17.3. The summed E-state index contributed by atoms with van der Waals surface area (Å²) in [7, 11) is 0. The highest BCUT2D eigenvalue weighted by molar-refractivity contribution is 7.17. The number of benzene rings is 2. The lowest BCUT2D eigenvalue weighted by molar-refractivity contribution is 0.793. The van der Waals surface area contributed by atoms with Gasteiger partial charge in [0.1, 0.15) is 0 Å². The molecule has 2 heteroatoms. The van der Waals surface area contributed by atoms with Gasteiger partial charge in [-0.2, -0.15) is 0 Å². The zero-order chi connectivity index (χ0) is 14.7. The summed E-state index contributed by atoms with van der Waals surface area (Å²) >= 11 is 1.77. The molecule has 3 aromatic rings. The summed E-state index contributed by atoms with van der Waals surface area (Å²) in [6.45, 7) is 2.23. The molecule has 0 bridgehead atoms. The van der Waals surface area contributed by atoms with Crippen LogP contribution in [0.1, 0.15) is 42.5 Å². The van der Waals surface area contributed by atoms with Crippen LogP contribution in [-0.2, 0) is 6.42 Å². The van der Waals surface area contributed by atoms with Crippen LogP contribution in [0.2, 0.25) is 0 Å². The van der Waals surface area contributed by atoms with Crippen molar-refractivity contribution in [2.75, 3.05) is 0 Å². The largest absolute Gasteiger partial charge is 0.320 e. The van der Waals surface area contributed by atoms with Crippen molar-refractivity contribution >= 4 is 21.4 Å². The van der Waals surface area contributed by atoms with Crippen LogP contribution < -0.4 is 5.73 Å². The highest BCUT2D eigenvalue weighted by Gasteiger charge is 2.13. The summed E-state index contributed by atoms with van der Waals surface area (Å²) in [5.41, 5.74) is 10.3. The van der Waals surface area contributed by atoms with E-state index in [4.69, 9.17) is 5.73 Å². The molecule has 0 spiro atoms. The van der Waals surface area contributed by atoms with E-state index in [9.17, 15) is 0 Å². The number of nitrogens with two attached hydrogens (primary N) is 1. The van der Waals surface area contributed by atoms with Crippen molar-refractivity contribution in [1.29, 1.82) is 0 Å². The second-order valence-electron chi connectivity index (χ2n) is 5.51. The van der Waals surface area contributed by atoms with E-state index in [1.165, 1.54) is 39.6 Å². The summed E-state index contributed by atoms with van der Waals surface area (Å²) < 4.78 is 1.31. The van der Waals surface area contributed by atoms with Gasteiger partial charge in [-0.25, -0.2) is 0 Å². The minimum atomic E-state index is -0.0404. The van der Waals surface area contributed by atoms with Gasteiger partial charge in [0.2, 0.25) is 0 Å². The van der Waals surface area contributed by atoms with Crippen LogP contribution in [-0.4, -0.2) is 0 Å². The smallest absolute Gasteiger partial charge is 0.0566 e. The molecule has 0 radical (unpaired) electrons. The highest BCUT2D eigenvalue weighted by atomic mass is 32.1. The van der Waals surface area contributed by atoms with Crippen molar-refractivity contribution in [1.82, 2.24) is 0 Å². The van der Waals surface area contributed by atoms with Crippen LogP contribution in [0.5, 0.6) is 0 Å². The van der Waals surface area contributed by atoms with Crippen LogP contribution in [0.25, 0.3) is 10.1 Å². The van der Waals surface area contributed by atoms with Gasteiger partial charge in [0, 0.05) is 4.70 Å². The standard InChI is InChI=1S/C19H21NS/c1-2-3-6-14-9-11-15(12-10-14)19(20)17-13-21-18-8-5-4-7-16(17)18/h4-5,7-13,19H,2-3,6,20H2,1H3. The number of hydrogen-bond donors (Lipinski definition) is 1. The maximum absolute atomic E-state index is 6.48. The Bertz CT molecular complexity index is 712. The maximum atomic E-state index is 6.48. The molecule has 1 unspecified atom stereocenters. The Hall–Kier alpha value is -1.64. The predicted octanol–water partition coefficient (Wildman–Crippen LogP) is 5.29. The van der Waals surface area contributed by atoms with Crippen molar-refractivity contribution in [2.24, 2.45) is 5.73 Å². The van der Waals surface area contributed by atoms with Crippen molar-refractivity contribution in [2.45, 2.75) is 32.2 Å². The average Bonchev–Trinajstić information content (AvgIpc) is 2.97. The zero-order valence-electron chi connectivity index (χ0n) is 12.4. The second-order valence-corrected chi connectivity index (χ2v) is 6.42. The number of fused-ring (bicyclic) bond motifs is 1. The number of thiophene rings is 1. The summed E-state index contributed by atoms with van der Waals surface area (Å²) in [5, 5.41) is 3.48. The minimum absolute atomic E-state index is 0.0404. The average molecular weight is 295 g/mol. The Morgan fingerprint density at radius 2 is 1.81 bits per heavy atom. The molecule has 0 saturated heterocycles. The summed E-state index contributed by atoms with van der Waals surface area (Å²) in [6.07, 6.45) is 3.65. The van der Waals surface area contributed by atoms with Gasteiger partial charge >= 0.3 is 0 Å². The summed E-state index contributed by atoms with van der Waals surface area (Å²) in [5.74, 6) is 0. The molecule has 108 valence electrons. The lowest BCUT2D eigenvalue weighted by Gasteiger charge is -2.12. The van der Waals surface area contributed by atoms with E-state index >= 15 is 0 Å². The molecule has 21 heavy (non-hydrogen) atoms. The Kier molecular flexibility index (Phi) is 4.37. The van der Waals surface area contributed by atoms with E-state index in [0.29, 0.717) is 0 Å². The molecular weight excluding hydrogens is 274 g/mol. The Morgan fingerprint density at radius 3 is 2.57 bits per heavy atom. The molecule has 0 aliphatic heterocycles. The van der Waals surface area contributed by atoms with E-state index in [2.05, 4.69) is 60.8 Å². The van der Waals surface area contributed by atoms with Gasteiger partial charge < -0.3 is 5.73 Å². The lowest BCUT2D eigenvalue weighted by atomic mass is 9.97. The van der Waals surface area contributed by atoms with Crippen molar-refractivity contribution in [3.05, 3.63) is 70.6 Å². The fourth-order valence-corrected chi connectivity index (χ4v) is 3.69. The molecule has 0 saturated carbocycles. The third-order valence-corrected chi connectivity index (χ3v) is 4.99. The maximum Gasteiger partial charge on any atom is 0.0566 e. The van der Waals surface area contributed by atoms with Gasteiger partial charge in [0.15, 0.2) is 0 Å². The molecule has 1 aromatic heterocycles. The minimum Gasteiger partial charge on any atom is -0.320 e. The fourth-order valence-electron chi connectivity index (χ4n) is 2.69. The molecule has 0 aliphatic rings. The van der Waals surface area contributed by atoms with Gasteiger partial charge in [-0.15, -0.1) is 11.3 Å². The van der Waals surface area contributed by atoms with Gasteiger partial charge in [0.05, 0.1) is 6.04 Å². The topological polar surface area (TPSA) is 26.0 Å².